The van der Waals surface area contributed by atoms with Crippen LogP contribution in [0.3, 0.4) is 0 Å². The number of hydrogen-bond acceptors (Lipinski definition) is 2. The fourth-order valence-corrected chi connectivity index (χ4v) is 3.57. The quantitative estimate of drug-likeness (QED) is 0.879. The van der Waals surface area contributed by atoms with Crippen molar-refractivity contribution >= 4 is 11.6 Å². The third-order valence-electron chi connectivity index (χ3n) is 4.89. The van der Waals surface area contributed by atoms with Crippen LogP contribution < -0.4 is 10.6 Å². The van der Waals surface area contributed by atoms with Crippen LogP contribution >= 0.6 is 0 Å². The Hall–Kier alpha value is -1.35. The second-order valence-electron chi connectivity index (χ2n) is 7.02. The Bertz CT molecular complexity index is 515. The number of anilines is 1. The predicted molar refractivity (Wildman–Crippen MR) is 93.3 cm³/mol. The van der Waals surface area contributed by atoms with E-state index in [-0.39, 0.29) is 11.9 Å². The molecule has 0 spiro atoms. The minimum Gasteiger partial charge on any atom is -0.324 e. The number of carbonyl (C=O) groups excluding carboxylic acids is 1. The predicted octanol–water partition coefficient (Wildman–Crippen LogP) is 4.11. The lowest BCUT2D eigenvalue weighted by molar-refractivity contribution is -0.118. The zero-order valence-corrected chi connectivity index (χ0v) is 14.6. The van der Waals surface area contributed by atoms with Gasteiger partial charge in [-0.05, 0) is 57.6 Å². The first kappa shape index (κ1) is 17.0. The van der Waals surface area contributed by atoms with Gasteiger partial charge in [0.25, 0.3) is 0 Å². The fourth-order valence-electron chi connectivity index (χ4n) is 3.57. The van der Waals surface area contributed by atoms with Gasteiger partial charge in [0.1, 0.15) is 0 Å². The van der Waals surface area contributed by atoms with Gasteiger partial charge < -0.3 is 10.6 Å². The zero-order valence-electron chi connectivity index (χ0n) is 14.6. The first-order chi connectivity index (χ1) is 10.4. The monoisotopic (exact) mass is 302 g/mol. The molecule has 1 aliphatic rings. The summed E-state index contributed by atoms with van der Waals surface area (Å²) in [7, 11) is 0. The molecule has 22 heavy (non-hydrogen) atoms. The van der Waals surface area contributed by atoms with E-state index in [0.29, 0.717) is 12.0 Å². The lowest BCUT2D eigenvalue weighted by atomic mass is 9.85. The largest absolute Gasteiger partial charge is 0.324 e. The van der Waals surface area contributed by atoms with E-state index in [1.165, 1.54) is 31.2 Å². The molecule has 1 saturated carbocycles. The van der Waals surface area contributed by atoms with Gasteiger partial charge in [-0.25, -0.2) is 0 Å². The molecule has 0 saturated heterocycles. The van der Waals surface area contributed by atoms with Gasteiger partial charge in [-0.15, -0.1) is 0 Å². The van der Waals surface area contributed by atoms with Crippen LogP contribution in [0.4, 0.5) is 5.69 Å². The molecule has 3 atom stereocenters. The van der Waals surface area contributed by atoms with Crippen molar-refractivity contribution in [1.82, 2.24) is 5.32 Å². The number of amides is 1. The molecular formula is C19H30N2O. The number of benzene rings is 1. The summed E-state index contributed by atoms with van der Waals surface area (Å²) in [6.07, 6.45) is 5.04. The molecular weight excluding hydrogens is 272 g/mol. The van der Waals surface area contributed by atoms with Gasteiger partial charge in [-0.1, -0.05) is 37.5 Å². The number of nitrogens with one attached hydrogen (secondary N) is 2. The highest BCUT2D eigenvalue weighted by atomic mass is 16.2. The van der Waals surface area contributed by atoms with Gasteiger partial charge in [-0.2, -0.15) is 0 Å². The van der Waals surface area contributed by atoms with Crippen molar-refractivity contribution in [2.45, 2.75) is 72.4 Å². The summed E-state index contributed by atoms with van der Waals surface area (Å²) in [5, 5.41) is 6.64. The fraction of sp³-hybridized carbons (Fsp3) is 0.632. The first-order valence-electron chi connectivity index (χ1n) is 8.53. The first-order valence-corrected chi connectivity index (χ1v) is 8.53. The van der Waals surface area contributed by atoms with E-state index in [9.17, 15) is 4.79 Å². The van der Waals surface area contributed by atoms with Crippen LogP contribution in [0.5, 0.6) is 0 Å². The molecule has 0 radical (unpaired) electrons. The van der Waals surface area contributed by atoms with Crippen molar-refractivity contribution < 1.29 is 4.79 Å². The van der Waals surface area contributed by atoms with E-state index < -0.39 is 0 Å². The second-order valence-corrected chi connectivity index (χ2v) is 7.02. The number of hydrogen-bond donors (Lipinski definition) is 2. The smallest absolute Gasteiger partial charge is 0.241 e. The van der Waals surface area contributed by atoms with Crippen LogP contribution in [-0.2, 0) is 4.79 Å². The van der Waals surface area contributed by atoms with Crippen molar-refractivity contribution in [1.29, 1.82) is 0 Å². The van der Waals surface area contributed by atoms with Crippen LogP contribution in [0.25, 0.3) is 0 Å². The van der Waals surface area contributed by atoms with Crippen LogP contribution in [0.2, 0.25) is 0 Å². The Morgan fingerprint density at radius 3 is 2.32 bits per heavy atom. The van der Waals surface area contributed by atoms with Crippen molar-refractivity contribution in [2.75, 3.05) is 5.32 Å². The van der Waals surface area contributed by atoms with Gasteiger partial charge in [0, 0.05) is 11.7 Å². The third-order valence-corrected chi connectivity index (χ3v) is 4.89. The maximum atomic E-state index is 12.5. The Morgan fingerprint density at radius 1 is 1.14 bits per heavy atom. The van der Waals surface area contributed by atoms with Gasteiger partial charge in [0.2, 0.25) is 5.91 Å². The SMILES string of the molecule is Cc1cc(C)c(NC(=O)[C@@H](C)N[C@@H]2CCCC[C@@H]2C)c(C)c1. The maximum Gasteiger partial charge on any atom is 0.241 e. The molecule has 0 aromatic heterocycles. The van der Waals surface area contributed by atoms with E-state index in [1.54, 1.807) is 0 Å². The molecule has 0 heterocycles. The molecule has 1 aliphatic carbocycles. The summed E-state index contributed by atoms with van der Waals surface area (Å²) in [4.78, 5) is 12.5. The van der Waals surface area contributed by atoms with E-state index >= 15 is 0 Å². The molecule has 1 fully saturated rings. The molecule has 0 unspecified atom stereocenters. The highest BCUT2D eigenvalue weighted by Gasteiger charge is 2.25. The second kappa shape index (κ2) is 7.28. The minimum absolute atomic E-state index is 0.0628. The van der Waals surface area contributed by atoms with Crippen molar-refractivity contribution in [3.63, 3.8) is 0 Å². The van der Waals surface area contributed by atoms with E-state index in [2.05, 4.69) is 50.5 Å². The molecule has 0 aliphatic heterocycles. The van der Waals surface area contributed by atoms with Crippen LogP contribution in [0, 0.1) is 26.7 Å². The molecule has 3 nitrogen and oxygen atoms in total. The van der Waals surface area contributed by atoms with Crippen LogP contribution in [-0.4, -0.2) is 18.0 Å². The Labute approximate surface area is 134 Å². The van der Waals surface area contributed by atoms with E-state index in [1.807, 2.05) is 6.92 Å². The third kappa shape index (κ3) is 4.10. The average Bonchev–Trinajstić information content (AvgIpc) is 2.45. The van der Waals surface area contributed by atoms with E-state index in [4.69, 9.17) is 0 Å². The Balaban J connectivity index is 1.99. The molecule has 2 N–H and O–H groups in total. The molecule has 1 amide bonds. The Morgan fingerprint density at radius 2 is 1.73 bits per heavy atom. The van der Waals surface area contributed by atoms with Crippen LogP contribution in [0.15, 0.2) is 12.1 Å². The molecule has 1 aromatic carbocycles. The number of aryl methyl sites for hydroxylation is 3. The standard InChI is InChI=1S/C19H30N2O/c1-12-10-14(3)18(15(4)11-12)21-19(22)16(5)20-17-9-7-6-8-13(17)2/h10-11,13,16-17,20H,6-9H2,1-5H3,(H,21,22)/t13-,16+,17+/m0/s1. The number of carbonyl (C=O) groups is 1. The topological polar surface area (TPSA) is 41.1 Å². The highest BCUT2D eigenvalue weighted by molar-refractivity contribution is 5.96. The van der Waals surface area contributed by atoms with Crippen molar-refractivity contribution in [3.8, 4) is 0 Å². The summed E-state index contributed by atoms with van der Waals surface area (Å²) in [5.74, 6) is 0.722. The summed E-state index contributed by atoms with van der Waals surface area (Å²) in [5.41, 5.74) is 4.45. The lowest BCUT2D eigenvalue weighted by Gasteiger charge is -2.32. The summed E-state index contributed by atoms with van der Waals surface area (Å²) in [6.45, 7) is 10.4. The molecule has 2 rings (SSSR count). The van der Waals surface area contributed by atoms with Crippen molar-refractivity contribution in [3.05, 3.63) is 28.8 Å². The van der Waals surface area contributed by atoms with Gasteiger partial charge in [-0.3, -0.25) is 4.79 Å². The maximum absolute atomic E-state index is 12.5. The van der Waals surface area contributed by atoms with Crippen molar-refractivity contribution in [2.24, 2.45) is 5.92 Å². The molecule has 3 heteroatoms. The van der Waals surface area contributed by atoms with Gasteiger partial charge in [0.05, 0.1) is 6.04 Å². The molecule has 0 bridgehead atoms. The minimum atomic E-state index is -0.161. The summed E-state index contributed by atoms with van der Waals surface area (Å²) < 4.78 is 0. The highest BCUT2D eigenvalue weighted by Crippen LogP contribution is 2.25. The van der Waals surface area contributed by atoms with Gasteiger partial charge >= 0.3 is 0 Å². The molecule has 1 aromatic rings. The summed E-state index contributed by atoms with van der Waals surface area (Å²) >= 11 is 0. The van der Waals surface area contributed by atoms with Crippen LogP contribution in [0.1, 0.15) is 56.2 Å². The summed E-state index contributed by atoms with van der Waals surface area (Å²) in [6, 6.07) is 4.54. The normalized spacial score (nSPS) is 23.1. The van der Waals surface area contributed by atoms with E-state index in [0.717, 1.165) is 16.8 Å². The Kier molecular flexibility index (Phi) is 5.63. The van der Waals surface area contributed by atoms with Gasteiger partial charge in [0.15, 0.2) is 0 Å². The lowest BCUT2D eigenvalue weighted by Crippen LogP contribution is -2.47. The average molecular weight is 302 g/mol. The number of rotatable bonds is 4. The zero-order chi connectivity index (χ0) is 16.3. The molecule has 122 valence electrons.